The number of unbranched alkanes of at least 4 members (excludes halogenated alkanes) is 29. The van der Waals surface area contributed by atoms with E-state index in [1.807, 2.05) is 6.08 Å². The van der Waals surface area contributed by atoms with E-state index in [1.165, 1.54) is 154 Å². The molecule has 1 saturated heterocycles. The van der Waals surface area contributed by atoms with Crippen LogP contribution in [0.2, 0.25) is 0 Å². The molecule has 1 fully saturated rings. The maximum atomic E-state index is 13.1. The molecule has 0 aromatic heterocycles. The average Bonchev–Trinajstić information content (AvgIpc) is 3.71. The number of aliphatic hydroxyl groups is 5. The molecular weight excluding hydrogens is 1050 g/mol. The smallest absolute Gasteiger partial charge is 0.220 e. The first-order chi connectivity index (χ1) is 41.8. The molecule has 1 aliphatic rings. The fourth-order valence-electron chi connectivity index (χ4n) is 10.3. The number of hydrogen-bond donors (Lipinski definition) is 6. The van der Waals surface area contributed by atoms with Gasteiger partial charge in [-0.15, -0.1) is 0 Å². The Labute approximate surface area is 521 Å². The van der Waals surface area contributed by atoms with E-state index in [0.717, 1.165) is 109 Å². The minimum Gasteiger partial charge on any atom is -0.394 e. The van der Waals surface area contributed by atoms with Gasteiger partial charge in [-0.25, -0.2) is 0 Å². The van der Waals surface area contributed by atoms with E-state index in [9.17, 15) is 30.3 Å². The van der Waals surface area contributed by atoms with Crippen LogP contribution in [-0.2, 0) is 14.3 Å². The molecule has 0 aromatic carbocycles. The van der Waals surface area contributed by atoms with Crippen LogP contribution in [0.4, 0.5) is 0 Å². The van der Waals surface area contributed by atoms with Crippen molar-refractivity contribution in [1.82, 2.24) is 5.32 Å². The Morgan fingerprint density at radius 3 is 1.13 bits per heavy atom. The summed E-state index contributed by atoms with van der Waals surface area (Å²) in [5.41, 5.74) is 0. The first-order valence-electron chi connectivity index (χ1n) is 34.9. The number of carbonyl (C=O) groups is 1. The largest absolute Gasteiger partial charge is 0.394 e. The first kappa shape index (κ1) is 79.3. The number of amides is 1. The van der Waals surface area contributed by atoms with Gasteiger partial charge in [-0.3, -0.25) is 4.79 Å². The predicted octanol–water partition coefficient (Wildman–Crippen LogP) is 19.2. The van der Waals surface area contributed by atoms with Crippen LogP contribution in [0, 0.1) is 0 Å². The van der Waals surface area contributed by atoms with Crippen molar-refractivity contribution in [2.45, 2.75) is 326 Å². The van der Waals surface area contributed by atoms with Crippen molar-refractivity contribution in [2.75, 3.05) is 13.2 Å². The lowest BCUT2D eigenvalue weighted by Crippen LogP contribution is -2.60. The normalized spacial score (nSPS) is 19.0. The van der Waals surface area contributed by atoms with Gasteiger partial charge in [0, 0.05) is 6.42 Å². The van der Waals surface area contributed by atoms with Crippen molar-refractivity contribution in [2.24, 2.45) is 0 Å². The quantitative estimate of drug-likeness (QED) is 0.0261. The number of aliphatic hydroxyl groups excluding tert-OH is 5. The molecule has 9 nitrogen and oxygen atoms in total. The predicted molar refractivity (Wildman–Crippen MR) is 363 cm³/mol. The van der Waals surface area contributed by atoms with E-state index in [2.05, 4.69) is 141 Å². The highest BCUT2D eigenvalue weighted by atomic mass is 16.7. The molecule has 0 radical (unpaired) electrons. The van der Waals surface area contributed by atoms with Crippen LogP contribution in [0.3, 0.4) is 0 Å². The maximum Gasteiger partial charge on any atom is 0.220 e. The summed E-state index contributed by atoms with van der Waals surface area (Å²) < 4.78 is 11.3. The third-order valence-electron chi connectivity index (χ3n) is 15.7. The lowest BCUT2D eigenvalue weighted by atomic mass is 9.99. The highest BCUT2D eigenvalue weighted by Gasteiger charge is 2.44. The third-order valence-corrected chi connectivity index (χ3v) is 15.7. The van der Waals surface area contributed by atoms with Crippen molar-refractivity contribution in [3.8, 4) is 0 Å². The Balaban J connectivity index is 2.20. The minimum atomic E-state index is -1.58. The molecule has 7 unspecified atom stereocenters. The van der Waals surface area contributed by atoms with Crippen molar-refractivity contribution in [1.29, 1.82) is 0 Å². The molecule has 0 aliphatic carbocycles. The van der Waals surface area contributed by atoms with E-state index < -0.39 is 49.5 Å². The van der Waals surface area contributed by atoms with E-state index in [1.54, 1.807) is 6.08 Å². The number of nitrogens with one attached hydrogen (secondary N) is 1. The summed E-state index contributed by atoms with van der Waals surface area (Å²) in [4.78, 5) is 13.1. The SMILES string of the molecule is CC/C=C\C/C=C\C/C=C\C/C=C\C/C=C\C/C=C\C/C=C\C/C=C\CCCCCCCCCCCCC(=O)NC(COC1OC(CO)C(O)C(O)C1O)C(O)/C=C/CC/C=C/CC/C=C/CCCCCCCCCCCCCCCCCCC. The highest BCUT2D eigenvalue weighted by Crippen LogP contribution is 2.23. The Hall–Kier alpha value is -3.67. The molecule has 9 heteroatoms. The summed E-state index contributed by atoms with van der Waals surface area (Å²) in [5.74, 6) is -0.199. The van der Waals surface area contributed by atoms with Crippen LogP contribution in [-0.4, -0.2) is 87.5 Å². The Bertz CT molecular complexity index is 1800. The van der Waals surface area contributed by atoms with Crippen LogP contribution in [0.15, 0.2) is 134 Å². The number of allylic oxidation sites excluding steroid dienone is 21. The van der Waals surface area contributed by atoms with Crippen LogP contribution in [0.1, 0.15) is 284 Å². The topological polar surface area (TPSA) is 149 Å². The average molecular weight is 1180 g/mol. The van der Waals surface area contributed by atoms with E-state index in [4.69, 9.17) is 9.47 Å². The first-order valence-corrected chi connectivity index (χ1v) is 34.9. The monoisotopic (exact) mass is 1180 g/mol. The van der Waals surface area contributed by atoms with Crippen LogP contribution >= 0.6 is 0 Å². The Kier molecular flexibility index (Phi) is 59.1. The Morgan fingerprint density at radius 1 is 0.412 bits per heavy atom. The van der Waals surface area contributed by atoms with Crippen molar-refractivity contribution in [3.05, 3.63) is 134 Å². The van der Waals surface area contributed by atoms with Crippen molar-refractivity contribution in [3.63, 3.8) is 0 Å². The summed E-state index contributed by atoms with van der Waals surface area (Å²) in [6.07, 6.45) is 89.7. The van der Waals surface area contributed by atoms with Crippen molar-refractivity contribution < 1.29 is 39.8 Å². The lowest BCUT2D eigenvalue weighted by molar-refractivity contribution is -0.302. The molecular formula is C76H129NO8. The molecule has 0 saturated carbocycles. The number of ether oxygens (including phenoxy) is 2. The zero-order chi connectivity index (χ0) is 61.4. The zero-order valence-corrected chi connectivity index (χ0v) is 54.3. The van der Waals surface area contributed by atoms with Gasteiger partial charge in [-0.05, 0) is 109 Å². The highest BCUT2D eigenvalue weighted by molar-refractivity contribution is 5.76. The lowest BCUT2D eigenvalue weighted by Gasteiger charge is -2.40. The fraction of sp³-hybridized carbons (Fsp3) is 0.697. The van der Waals surface area contributed by atoms with Gasteiger partial charge >= 0.3 is 0 Å². The molecule has 1 amide bonds. The minimum absolute atomic E-state index is 0.199. The molecule has 0 bridgehead atoms. The molecule has 6 N–H and O–H groups in total. The second kappa shape index (κ2) is 63.4. The summed E-state index contributed by atoms with van der Waals surface area (Å²) in [5, 5.41) is 54.7. The van der Waals surface area contributed by atoms with Gasteiger partial charge in [0.25, 0.3) is 0 Å². The molecule has 0 aromatic rings. The van der Waals surface area contributed by atoms with Gasteiger partial charge < -0.3 is 40.3 Å². The summed E-state index contributed by atoms with van der Waals surface area (Å²) in [7, 11) is 0. The number of rotatable bonds is 59. The van der Waals surface area contributed by atoms with Gasteiger partial charge in [0.2, 0.25) is 5.91 Å². The van der Waals surface area contributed by atoms with Gasteiger partial charge in [0.05, 0.1) is 25.4 Å². The number of carbonyl (C=O) groups excluding carboxylic acids is 1. The van der Waals surface area contributed by atoms with Gasteiger partial charge in [-0.2, -0.15) is 0 Å². The molecule has 1 rings (SSSR count). The zero-order valence-electron chi connectivity index (χ0n) is 54.3. The van der Waals surface area contributed by atoms with Crippen LogP contribution < -0.4 is 5.32 Å². The maximum absolute atomic E-state index is 13.1. The molecule has 7 atom stereocenters. The molecule has 1 aliphatic heterocycles. The second-order valence-electron chi connectivity index (χ2n) is 23.6. The summed E-state index contributed by atoms with van der Waals surface area (Å²) in [6.45, 7) is 3.66. The molecule has 1 heterocycles. The summed E-state index contributed by atoms with van der Waals surface area (Å²) >= 11 is 0. The van der Waals surface area contributed by atoms with E-state index >= 15 is 0 Å². The van der Waals surface area contributed by atoms with E-state index in [0.29, 0.717) is 6.42 Å². The molecule has 0 spiro atoms. The molecule has 486 valence electrons. The number of hydrogen-bond acceptors (Lipinski definition) is 8. The van der Waals surface area contributed by atoms with Gasteiger partial charge in [0.15, 0.2) is 6.29 Å². The molecule has 85 heavy (non-hydrogen) atoms. The van der Waals surface area contributed by atoms with Crippen LogP contribution in [0.25, 0.3) is 0 Å². The van der Waals surface area contributed by atoms with Gasteiger partial charge in [-0.1, -0.05) is 302 Å². The standard InChI is InChI=1S/C76H129NO8/c1-3-5-7-9-11-13-15-17-19-21-23-25-27-29-31-32-33-34-35-36-37-38-40-42-44-46-48-50-52-54-56-58-60-62-64-66-72(80)77-69(68-84-76-75(83)74(82)73(81)71(67-78)85-76)70(79)65-63-61-59-57-55-53-51-49-47-45-43-41-39-30-28-26-24-22-20-18-16-14-12-10-8-6-4-2/h5,7,11,13,17,19,23,25,29,31,33-34,36-37,40,42,47,49,55,57,63,65,69-71,73-76,78-79,81-83H,3-4,6,8-10,12,14-16,18,20-22,24,26-28,30,32,35,38-39,41,43-46,48,50-54,56,58-62,64,66-68H2,1-2H3,(H,77,80)/b7-5-,13-11-,19-17-,25-23-,31-29-,34-33-,37-36-,42-40-,49-47+,57-55+,65-63+. The second-order valence-corrected chi connectivity index (χ2v) is 23.6. The third kappa shape index (κ3) is 52.0. The fourth-order valence-corrected chi connectivity index (χ4v) is 10.3. The Morgan fingerprint density at radius 2 is 0.741 bits per heavy atom. The van der Waals surface area contributed by atoms with Gasteiger partial charge in [0.1, 0.15) is 24.4 Å². The van der Waals surface area contributed by atoms with Crippen LogP contribution in [0.5, 0.6) is 0 Å². The van der Waals surface area contributed by atoms with E-state index in [-0.39, 0.29) is 12.5 Å². The van der Waals surface area contributed by atoms with Crippen molar-refractivity contribution >= 4 is 5.91 Å². The summed E-state index contributed by atoms with van der Waals surface area (Å²) in [6, 6.07) is -0.842.